The molecule has 0 radical (unpaired) electrons. The second-order valence-corrected chi connectivity index (χ2v) is 8.65. The van der Waals surface area contributed by atoms with E-state index in [9.17, 15) is 9.59 Å². The first-order valence-corrected chi connectivity index (χ1v) is 13.0. The van der Waals surface area contributed by atoms with E-state index in [4.69, 9.17) is 10.2 Å². The van der Waals surface area contributed by atoms with E-state index in [1.165, 1.54) is 89.9 Å². The molecule has 0 spiro atoms. The van der Waals surface area contributed by atoms with Gasteiger partial charge in [-0.1, -0.05) is 129 Å². The Morgan fingerprint density at radius 2 is 0.600 bits per heavy atom. The number of aliphatic carboxylic acids is 2. The van der Waals surface area contributed by atoms with E-state index in [0.717, 1.165) is 38.5 Å². The summed E-state index contributed by atoms with van der Waals surface area (Å²) in [5.74, 6) is -1.48. The van der Waals surface area contributed by atoms with Crippen LogP contribution in [0.4, 0.5) is 0 Å². The maximum atomic E-state index is 10.1. The first-order valence-electron chi connectivity index (χ1n) is 13.0. The summed E-state index contributed by atoms with van der Waals surface area (Å²) in [6.45, 7) is 4.58. The van der Waals surface area contributed by atoms with Gasteiger partial charge in [0.05, 0.1) is 0 Å². The second kappa shape index (κ2) is 27.9. The molecular formula is C26H52O4. The molecule has 0 aromatic heterocycles. The molecule has 4 nitrogen and oxygen atoms in total. The van der Waals surface area contributed by atoms with Crippen LogP contribution in [0.15, 0.2) is 0 Å². The normalized spacial score (nSPS) is 10.5. The van der Waals surface area contributed by atoms with Crippen LogP contribution in [0.1, 0.15) is 155 Å². The minimum atomic E-state index is -0.740. The van der Waals surface area contributed by atoms with Gasteiger partial charge in [0.2, 0.25) is 0 Å². The van der Waals surface area contributed by atoms with Crippen molar-refractivity contribution < 1.29 is 19.8 Å². The van der Waals surface area contributed by atoms with Crippen molar-refractivity contribution in [2.45, 2.75) is 155 Å². The summed E-state index contributed by atoms with van der Waals surface area (Å²) in [7, 11) is 0. The highest BCUT2D eigenvalue weighted by atomic mass is 16.4. The first-order chi connectivity index (χ1) is 14.5. The molecule has 4 heteroatoms. The van der Waals surface area contributed by atoms with Gasteiger partial charge in [-0.15, -0.1) is 0 Å². The highest BCUT2D eigenvalue weighted by Crippen LogP contribution is 2.12. The minimum Gasteiger partial charge on any atom is -0.481 e. The molecule has 2 N–H and O–H groups in total. The Kier molecular flexibility index (Phi) is 29.0. The molecule has 0 aliphatic carbocycles. The van der Waals surface area contributed by atoms with E-state index in [2.05, 4.69) is 13.8 Å². The quantitative estimate of drug-likeness (QED) is 0.169. The van der Waals surface area contributed by atoms with Crippen molar-refractivity contribution in [2.24, 2.45) is 0 Å². The van der Waals surface area contributed by atoms with Gasteiger partial charge in [0.25, 0.3) is 0 Å². The lowest BCUT2D eigenvalue weighted by molar-refractivity contribution is -0.138. The van der Waals surface area contributed by atoms with E-state index in [0.29, 0.717) is 0 Å². The molecule has 0 fully saturated rings. The lowest BCUT2D eigenvalue weighted by atomic mass is 10.0. The van der Waals surface area contributed by atoms with Gasteiger partial charge in [0.1, 0.15) is 0 Å². The third kappa shape index (κ3) is 34.4. The molecule has 30 heavy (non-hydrogen) atoms. The van der Waals surface area contributed by atoms with Crippen LogP contribution in [-0.2, 0) is 9.59 Å². The summed E-state index contributed by atoms with van der Waals surface area (Å²) in [6, 6.07) is 0. The van der Waals surface area contributed by atoms with Crippen LogP contribution in [-0.4, -0.2) is 22.2 Å². The molecule has 180 valence electrons. The van der Waals surface area contributed by atoms with Gasteiger partial charge in [-0.3, -0.25) is 9.59 Å². The van der Waals surface area contributed by atoms with Crippen LogP contribution < -0.4 is 0 Å². The van der Waals surface area contributed by atoms with Crippen molar-refractivity contribution in [3.63, 3.8) is 0 Å². The summed E-state index contributed by atoms with van der Waals surface area (Å²) in [4.78, 5) is 20.3. The summed E-state index contributed by atoms with van der Waals surface area (Å²) in [5, 5.41) is 16.7. The fourth-order valence-electron chi connectivity index (χ4n) is 3.53. The topological polar surface area (TPSA) is 74.6 Å². The summed E-state index contributed by atoms with van der Waals surface area (Å²) in [5.41, 5.74) is 0. The highest BCUT2D eigenvalue weighted by Gasteiger charge is 1.98. The van der Waals surface area contributed by atoms with Gasteiger partial charge < -0.3 is 10.2 Å². The second-order valence-electron chi connectivity index (χ2n) is 8.65. The summed E-state index contributed by atoms with van der Waals surface area (Å²) < 4.78 is 0. The molecule has 0 aromatic carbocycles. The van der Waals surface area contributed by atoms with Gasteiger partial charge in [0, 0.05) is 12.8 Å². The van der Waals surface area contributed by atoms with Gasteiger partial charge in [-0.25, -0.2) is 0 Å². The zero-order valence-electron chi connectivity index (χ0n) is 20.3. The Hall–Kier alpha value is -1.06. The third-order valence-corrected chi connectivity index (χ3v) is 5.49. The molecule has 0 saturated carbocycles. The first kappa shape index (κ1) is 31.1. The SMILES string of the molecule is CCCCCCCCCCCCCCCC.O=C(O)CCCCCCCCC(=O)O. The molecule has 0 atom stereocenters. The maximum absolute atomic E-state index is 10.1. The van der Waals surface area contributed by atoms with Crippen LogP contribution >= 0.6 is 0 Å². The van der Waals surface area contributed by atoms with E-state index >= 15 is 0 Å². The van der Waals surface area contributed by atoms with Crippen molar-refractivity contribution in [3.8, 4) is 0 Å². The number of unbranched alkanes of at least 4 members (excludes halogenated alkanes) is 18. The van der Waals surface area contributed by atoms with Crippen molar-refractivity contribution in [1.29, 1.82) is 0 Å². The van der Waals surface area contributed by atoms with E-state index < -0.39 is 11.9 Å². The Bertz CT molecular complexity index is 321. The van der Waals surface area contributed by atoms with Crippen molar-refractivity contribution in [1.82, 2.24) is 0 Å². The predicted molar refractivity (Wildman–Crippen MR) is 128 cm³/mol. The average Bonchev–Trinajstić information content (AvgIpc) is 2.71. The lowest BCUT2D eigenvalue weighted by Gasteiger charge is -2.02. The summed E-state index contributed by atoms with van der Waals surface area (Å²) in [6.07, 6.45) is 26.2. The van der Waals surface area contributed by atoms with E-state index in [-0.39, 0.29) is 12.8 Å². The average molecular weight is 429 g/mol. The number of carboxylic acids is 2. The van der Waals surface area contributed by atoms with E-state index in [1.807, 2.05) is 0 Å². The van der Waals surface area contributed by atoms with Crippen LogP contribution in [0.3, 0.4) is 0 Å². The molecule has 0 saturated heterocycles. The van der Waals surface area contributed by atoms with Crippen molar-refractivity contribution in [2.75, 3.05) is 0 Å². The highest BCUT2D eigenvalue weighted by molar-refractivity contribution is 5.66. The molecule has 0 unspecified atom stereocenters. The van der Waals surface area contributed by atoms with E-state index in [1.54, 1.807) is 0 Å². The lowest BCUT2D eigenvalue weighted by Crippen LogP contribution is -1.94. The van der Waals surface area contributed by atoms with Crippen LogP contribution in [0.2, 0.25) is 0 Å². The molecule has 0 aliphatic heterocycles. The Morgan fingerprint density at radius 1 is 0.400 bits per heavy atom. The number of hydrogen-bond acceptors (Lipinski definition) is 2. The molecule has 0 rings (SSSR count). The predicted octanol–water partition coefficient (Wildman–Crippen LogP) is 8.76. The molecule has 0 amide bonds. The Labute approximate surface area is 187 Å². The van der Waals surface area contributed by atoms with Gasteiger partial charge >= 0.3 is 11.9 Å². The smallest absolute Gasteiger partial charge is 0.303 e. The maximum Gasteiger partial charge on any atom is 0.303 e. The molecular weight excluding hydrogens is 376 g/mol. The van der Waals surface area contributed by atoms with Crippen molar-refractivity contribution >= 4 is 11.9 Å². The van der Waals surface area contributed by atoms with Crippen LogP contribution in [0, 0.1) is 0 Å². The molecule has 0 heterocycles. The number of hydrogen-bond donors (Lipinski definition) is 2. The number of carbonyl (C=O) groups is 2. The largest absolute Gasteiger partial charge is 0.481 e. The third-order valence-electron chi connectivity index (χ3n) is 5.49. The zero-order chi connectivity index (χ0) is 22.7. The Morgan fingerprint density at radius 3 is 0.800 bits per heavy atom. The van der Waals surface area contributed by atoms with Gasteiger partial charge in [-0.05, 0) is 12.8 Å². The fraction of sp³-hybridized carbons (Fsp3) is 0.923. The van der Waals surface area contributed by atoms with Crippen LogP contribution in [0.5, 0.6) is 0 Å². The van der Waals surface area contributed by atoms with Gasteiger partial charge in [0.15, 0.2) is 0 Å². The molecule has 0 aliphatic rings. The number of carboxylic acid groups (broad SMARTS) is 2. The summed E-state index contributed by atoms with van der Waals surface area (Å²) >= 11 is 0. The minimum absolute atomic E-state index is 0.245. The van der Waals surface area contributed by atoms with Gasteiger partial charge in [-0.2, -0.15) is 0 Å². The monoisotopic (exact) mass is 428 g/mol. The Balaban J connectivity index is 0. The zero-order valence-corrected chi connectivity index (χ0v) is 20.3. The standard InChI is InChI=1S/C16H34.C10H18O4/c1-3-5-7-9-11-13-15-16-14-12-10-8-6-4-2;11-9(12)7-5-3-1-2-4-6-8-10(13)14/h3-16H2,1-2H3;1-8H2,(H,11,12)(H,13,14). The number of rotatable bonds is 22. The molecule has 0 aromatic rings. The molecule has 0 bridgehead atoms. The fourth-order valence-corrected chi connectivity index (χ4v) is 3.53. The van der Waals surface area contributed by atoms with Crippen LogP contribution in [0.25, 0.3) is 0 Å². The van der Waals surface area contributed by atoms with Crippen molar-refractivity contribution in [3.05, 3.63) is 0 Å².